The molecule has 5 nitrogen and oxygen atoms in total. The number of hydrogen-bond donors (Lipinski definition) is 1. The molecule has 0 bridgehead atoms. The Kier molecular flexibility index (Phi) is 6.06. The van der Waals surface area contributed by atoms with Crippen LogP contribution in [-0.2, 0) is 22.4 Å². The number of ether oxygens (including phenoxy) is 2. The quantitative estimate of drug-likeness (QED) is 0.859. The van der Waals surface area contributed by atoms with Crippen molar-refractivity contribution in [2.75, 3.05) is 32.9 Å². The van der Waals surface area contributed by atoms with E-state index in [-0.39, 0.29) is 6.10 Å². The highest BCUT2D eigenvalue weighted by molar-refractivity contribution is 5.22. The summed E-state index contributed by atoms with van der Waals surface area (Å²) in [5.74, 6) is 1.57. The largest absolute Gasteiger partial charge is 0.381 e. The smallest absolute Gasteiger partial charge is 0.114 e. The van der Waals surface area contributed by atoms with Gasteiger partial charge in [-0.15, -0.1) is 0 Å². The first-order valence-corrected chi connectivity index (χ1v) is 10.3. The molecule has 1 saturated carbocycles. The number of fused-ring (bicyclic) bond motifs is 1. The second-order valence-corrected chi connectivity index (χ2v) is 8.09. The molecule has 3 heterocycles. The van der Waals surface area contributed by atoms with Gasteiger partial charge in [0.05, 0.1) is 12.3 Å². The van der Waals surface area contributed by atoms with Crippen molar-refractivity contribution in [3.8, 4) is 0 Å². The van der Waals surface area contributed by atoms with Crippen LogP contribution in [0.15, 0.2) is 6.20 Å². The molecule has 4 rings (SSSR count). The van der Waals surface area contributed by atoms with Crippen molar-refractivity contribution in [2.45, 2.75) is 64.0 Å². The fourth-order valence-corrected chi connectivity index (χ4v) is 4.58. The Morgan fingerprint density at radius 1 is 1.00 bits per heavy atom. The van der Waals surface area contributed by atoms with E-state index in [9.17, 15) is 0 Å². The third-order valence-electron chi connectivity index (χ3n) is 6.14. The van der Waals surface area contributed by atoms with Gasteiger partial charge in [-0.05, 0) is 56.0 Å². The normalized spacial score (nSPS) is 25.8. The van der Waals surface area contributed by atoms with E-state index in [0.29, 0.717) is 5.92 Å². The van der Waals surface area contributed by atoms with E-state index in [4.69, 9.17) is 14.6 Å². The van der Waals surface area contributed by atoms with Gasteiger partial charge in [0.1, 0.15) is 6.10 Å². The Labute approximate surface area is 151 Å². The summed E-state index contributed by atoms with van der Waals surface area (Å²) in [6, 6.07) is 0. The van der Waals surface area contributed by atoms with Gasteiger partial charge in [0.25, 0.3) is 0 Å². The van der Waals surface area contributed by atoms with Crippen molar-refractivity contribution in [3.63, 3.8) is 0 Å². The molecule has 2 aliphatic heterocycles. The van der Waals surface area contributed by atoms with Crippen molar-refractivity contribution < 1.29 is 9.47 Å². The number of nitrogens with one attached hydrogen (secondary N) is 1. The van der Waals surface area contributed by atoms with Gasteiger partial charge in [-0.3, -0.25) is 4.68 Å². The highest BCUT2D eigenvalue weighted by atomic mass is 16.5. The molecule has 25 heavy (non-hydrogen) atoms. The van der Waals surface area contributed by atoms with Gasteiger partial charge >= 0.3 is 0 Å². The molecular formula is C20H33N3O2. The molecule has 0 amide bonds. The van der Waals surface area contributed by atoms with Gasteiger partial charge < -0.3 is 14.8 Å². The lowest BCUT2D eigenvalue weighted by atomic mass is 9.89. The summed E-state index contributed by atoms with van der Waals surface area (Å²) in [4.78, 5) is 0. The van der Waals surface area contributed by atoms with Crippen LogP contribution in [0, 0.1) is 11.8 Å². The van der Waals surface area contributed by atoms with Crippen LogP contribution in [0.3, 0.4) is 0 Å². The number of aromatic nitrogens is 2. The van der Waals surface area contributed by atoms with Gasteiger partial charge in [-0.1, -0.05) is 19.3 Å². The van der Waals surface area contributed by atoms with Crippen LogP contribution in [0.25, 0.3) is 0 Å². The van der Waals surface area contributed by atoms with Crippen LogP contribution in [-0.4, -0.2) is 42.7 Å². The van der Waals surface area contributed by atoms with E-state index >= 15 is 0 Å². The van der Waals surface area contributed by atoms with Crippen molar-refractivity contribution >= 4 is 0 Å². The molecule has 5 heteroatoms. The van der Waals surface area contributed by atoms with E-state index in [2.05, 4.69) is 16.2 Å². The molecule has 1 aromatic rings. The zero-order valence-corrected chi connectivity index (χ0v) is 15.4. The van der Waals surface area contributed by atoms with E-state index in [0.717, 1.165) is 64.6 Å². The second-order valence-electron chi connectivity index (χ2n) is 8.09. The summed E-state index contributed by atoms with van der Waals surface area (Å²) in [6.07, 6.45) is 12.7. The Hall–Kier alpha value is -0.910. The van der Waals surface area contributed by atoms with E-state index < -0.39 is 0 Å². The van der Waals surface area contributed by atoms with Crippen molar-refractivity contribution in [3.05, 3.63) is 17.5 Å². The lowest BCUT2D eigenvalue weighted by Gasteiger charge is -2.25. The Morgan fingerprint density at radius 3 is 2.68 bits per heavy atom. The highest BCUT2D eigenvalue weighted by Gasteiger charge is 2.26. The first-order valence-electron chi connectivity index (χ1n) is 10.3. The monoisotopic (exact) mass is 347 g/mol. The summed E-state index contributed by atoms with van der Waals surface area (Å²) in [7, 11) is 0. The van der Waals surface area contributed by atoms with E-state index in [1.165, 1.54) is 43.4 Å². The Balaban J connectivity index is 1.31. The van der Waals surface area contributed by atoms with Gasteiger partial charge in [0.15, 0.2) is 0 Å². The predicted molar refractivity (Wildman–Crippen MR) is 97.6 cm³/mol. The molecule has 1 atom stereocenters. The third-order valence-corrected chi connectivity index (χ3v) is 6.14. The summed E-state index contributed by atoms with van der Waals surface area (Å²) >= 11 is 0. The molecule has 140 valence electrons. The van der Waals surface area contributed by atoms with Gasteiger partial charge in [-0.2, -0.15) is 5.10 Å². The van der Waals surface area contributed by atoms with Crippen molar-refractivity contribution in [1.29, 1.82) is 0 Å². The molecule has 1 N–H and O–H groups in total. The zero-order chi connectivity index (χ0) is 16.9. The van der Waals surface area contributed by atoms with Gasteiger partial charge in [-0.25, -0.2) is 0 Å². The molecule has 1 aromatic heterocycles. The van der Waals surface area contributed by atoms with Crippen LogP contribution in [0.5, 0.6) is 0 Å². The van der Waals surface area contributed by atoms with Crippen molar-refractivity contribution in [2.24, 2.45) is 11.8 Å². The van der Waals surface area contributed by atoms with Crippen LogP contribution in [0.1, 0.15) is 62.3 Å². The molecule has 1 saturated heterocycles. The molecule has 0 unspecified atom stereocenters. The fraction of sp³-hybridized carbons (Fsp3) is 0.850. The molecule has 2 fully saturated rings. The Bertz CT molecular complexity index is 533. The predicted octanol–water partition coefficient (Wildman–Crippen LogP) is 3.09. The van der Waals surface area contributed by atoms with Gasteiger partial charge in [0.2, 0.25) is 0 Å². The standard InChI is InChI=1S/C20H33N3O2/c1-2-4-16(5-3-1)12-21-13-19-20-18(8-11-25-19)15-23(22-20)14-17-6-9-24-10-7-17/h15-17,19,21H,1-14H2/t19-/m0/s1. The minimum Gasteiger partial charge on any atom is -0.381 e. The lowest BCUT2D eigenvalue weighted by molar-refractivity contribution is 0.0382. The van der Waals surface area contributed by atoms with Crippen LogP contribution in [0.2, 0.25) is 0 Å². The van der Waals surface area contributed by atoms with Crippen LogP contribution in [0.4, 0.5) is 0 Å². The Morgan fingerprint density at radius 2 is 1.84 bits per heavy atom. The minimum atomic E-state index is 0.128. The fourth-order valence-electron chi connectivity index (χ4n) is 4.58. The third kappa shape index (κ3) is 4.63. The number of nitrogens with zero attached hydrogens (tertiary/aromatic N) is 2. The van der Waals surface area contributed by atoms with Crippen LogP contribution >= 0.6 is 0 Å². The first-order chi connectivity index (χ1) is 12.4. The topological polar surface area (TPSA) is 48.3 Å². The average Bonchev–Trinajstić information content (AvgIpc) is 3.07. The molecule has 0 radical (unpaired) electrons. The van der Waals surface area contributed by atoms with Gasteiger partial charge in [0, 0.05) is 32.5 Å². The summed E-state index contributed by atoms with van der Waals surface area (Å²) < 4.78 is 13.7. The molecule has 0 aromatic carbocycles. The summed E-state index contributed by atoms with van der Waals surface area (Å²) in [6.45, 7) is 5.70. The second kappa shape index (κ2) is 8.65. The molecule has 0 spiro atoms. The number of rotatable bonds is 6. The molecule has 1 aliphatic carbocycles. The SMILES string of the molecule is c1c2c(nn1CC1CCOCC1)[C@H](CNCC1CCCCC1)OCC2. The number of hydrogen-bond acceptors (Lipinski definition) is 4. The van der Waals surface area contributed by atoms with E-state index in [1.807, 2.05) is 0 Å². The lowest BCUT2D eigenvalue weighted by Crippen LogP contribution is -2.31. The first kappa shape index (κ1) is 17.5. The van der Waals surface area contributed by atoms with Crippen LogP contribution < -0.4 is 5.32 Å². The zero-order valence-electron chi connectivity index (χ0n) is 15.4. The highest BCUT2D eigenvalue weighted by Crippen LogP contribution is 2.27. The minimum absolute atomic E-state index is 0.128. The average molecular weight is 348 g/mol. The summed E-state index contributed by atoms with van der Waals surface area (Å²) in [5, 5.41) is 8.57. The maximum Gasteiger partial charge on any atom is 0.114 e. The summed E-state index contributed by atoms with van der Waals surface area (Å²) in [5.41, 5.74) is 2.57. The molecule has 3 aliphatic rings. The maximum absolute atomic E-state index is 6.04. The maximum atomic E-state index is 6.04. The van der Waals surface area contributed by atoms with Crippen molar-refractivity contribution in [1.82, 2.24) is 15.1 Å². The van der Waals surface area contributed by atoms with E-state index in [1.54, 1.807) is 0 Å². The molecular weight excluding hydrogens is 314 g/mol.